The van der Waals surface area contributed by atoms with Gasteiger partial charge in [0.05, 0.1) is 6.61 Å². The van der Waals surface area contributed by atoms with Crippen LogP contribution in [0.5, 0.6) is 5.75 Å². The Bertz CT molecular complexity index is 315. The molecule has 1 rings (SSSR count). The van der Waals surface area contributed by atoms with E-state index in [2.05, 4.69) is 29.8 Å². The summed E-state index contributed by atoms with van der Waals surface area (Å²) >= 11 is 3.42. The number of rotatable bonds is 6. The topological polar surface area (TPSA) is 35.2 Å². The molecular weight excluding hydrogens is 266 g/mol. The predicted octanol–water partition coefficient (Wildman–Crippen LogP) is 3.45. The Morgan fingerprint density at radius 2 is 2.12 bits per heavy atom. The van der Waals surface area contributed by atoms with Crippen molar-refractivity contribution >= 4 is 15.9 Å². The molecule has 3 heteroatoms. The molecule has 1 unspecified atom stereocenters. The van der Waals surface area contributed by atoms with Crippen LogP contribution in [0.15, 0.2) is 28.7 Å². The van der Waals surface area contributed by atoms with Gasteiger partial charge in [0.1, 0.15) is 5.75 Å². The molecule has 0 radical (unpaired) electrons. The highest BCUT2D eigenvalue weighted by molar-refractivity contribution is 9.10. The van der Waals surface area contributed by atoms with E-state index in [4.69, 9.17) is 10.5 Å². The number of ether oxygens (including phenoxy) is 1. The Morgan fingerprint density at radius 3 is 2.69 bits per heavy atom. The first-order valence-corrected chi connectivity index (χ1v) is 6.49. The lowest BCUT2D eigenvalue weighted by atomic mass is 9.98. The van der Waals surface area contributed by atoms with Crippen molar-refractivity contribution in [2.45, 2.75) is 20.3 Å². The van der Waals surface area contributed by atoms with Gasteiger partial charge >= 0.3 is 0 Å². The van der Waals surface area contributed by atoms with Crippen LogP contribution < -0.4 is 10.5 Å². The molecule has 0 aliphatic heterocycles. The van der Waals surface area contributed by atoms with Crippen LogP contribution in [0.4, 0.5) is 0 Å². The van der Waals surface area contributed by atoms with Gasteiger partial charge in [-0.1, -0.05) is 35.8 Å². The zero-order valence-corrected chi connectivity index (χ0v) is 11.5. The molecule has 1 atom stereocenters. The van der Waals surface area contributed by atoms with Gasteiger partial charge in [0.2, 0.25) is 0 Å². The number of benzene rings is 1. The van der Waals surface area contributed by atoms with Crippen LogP contribution in [0, 0.1) is 11.8 Å². The van der Waals surface area contributed by atoms with Crippen molar-refractivity contribution in [3.05, 3.63) is 28.7 Å². The highest BCUT2D eigenvalue weighted by Crippen LogP contribution is 2.19. The Hall–Kier alpha value is -0.540. The molecule has 0 aromatic heterocycles. The van der Waals surface area contributed by atoms with Crippen LogP contribution in [0.1, 0.15) is 20.3 Å². The molecule has 2 nitrogen and oxygen atoms in total. The van der Waals surface area contributed by atoms with Crippen molar-refractivity contribution in [1.29, 1.82) is 0 Å². The van der Waals surface area contributed by atoms with Crippen LogP contribution in [-0.2, 0) is 0 Å². The molecule has 2 N–H and O–H groups in total. The Balaban J connectivity index is 2.43. The fraction of sp³-hybridized carbons (Fsp3) is 0.538. The average molecular weight is 286 g/mol. The predicted molar refractivity (Wildman–Crippen MR) is 71.6 cm³/mol. The molecule has 0 bridgehead atoms. The minimum Gasteiger partial charge on any atom is -0.493 e. The molecule has 0 amide bonds. The molecule has 1 aromatic rings. The molecule has 0 aliphatic carbocycles. The van der Waals surface area contributed by atoms with E-state index in [0.717, 1.165) is 16.6 Å². The van der Waals surface area contributed by atoms with Crippen molar-refractivity contribution in [2.75, 3.05) is 13.2 Å². The molecule has 0 fully saturated rings. The molecule has 0 saturated carbocycles. The van der Waals surface area contributed by atoms with Crippen LogP contribution in [0.2, 0.25) is 0 Å². The van der Waals surface area contributed by atoms with Gasteiger partial charge in [-0.25, -0.2) is 0 Å². The van der Waals surface area contributed by atoms with E-state index in [9.17, 15) is 0 Å². The zero-order chi connectivity index (χ0) is 12.0. The van der Waals surface area contributed by atoms with Crippen LogP contribution in [-0.4, -0.2) is 13.2 Å². The van der Waals surface area contributed by atoms with Crippen molar-refractivity contribution in [1.82, 2.24) is 0 Å². The summed E-state index contributed by atoms with van der Waals surface area (Å²) in [5, 5.41) is 0. The summed E-state index contributed by atoms with van der Waals surface area (Å²) in [6.07, 6.45) is 1.12. The van der Waals surface area contributed by atoms with Crippen LogP contribution >= 0.6 is 15.9 Å². The lowest BCUT2D eigenvalue weighted by molar-refractivity contribution is 0.230. The van der Waals surface area contributed by atoms with Crippen molar-refractivity contribution in [2.24, 2.45) is 17.6 Å². The van der Waals surface area contributed by atoms with E-state index in [1.807, 2.05) is 24.3 Å². The van der Waals surface area contributed by atoms with E-state index in [0.29, 0.717) is 25.0 Å². The first kappa shape index (κ1) is 13.5. The fourth-order valence-electron chi connectivity index (χ4n) is 1.67. The van der Waals surface area contributed by atoms with E-state index < -0.39 is 0 Å². The lowest BCUT2D eigenvalue weighted by Gasteiger charge is -2.17. The molecule has 0 spiro atoms. The van der Waals surface area contributed by atoms with Gasteiger partial charge in [-0.2, -0.15) is 0 Å². The summed E-state index contributed by atoms with van der Waals surface area (Å²) in [5.41, 5.74) is 5.73. The molecular formula is C13H20BrNO. The third kappa shape index (κ3) is 4.99. The molecule has 0 saturated heterocycles. The van der Waals surface area contributed by atoms with Crippen LogP contribution in [0.3, 0.4) is 0 Å². The molecule has 0 aliphatic rings. The maximum atomic E-state index is 5.73. The lowest BCUT2D eigenvalue weighted by Crippen LogP contribution is -2.23. The minimum absolute atomic E-state index is 0.444. The average Bonchev–Trinajstić information content (AvgIpc) is 2.24. The summed E-state index contributed by atoms with van der Waals surface area (Å²) in [6, 6.07) is 7.90. The maximum Gasteiger partial charge on any atom is 0.120 e. The largest absolute Gasteiger partial charge is 0.493 e. The van der Waals surface area contributed by atoms with Gasteiger partial charge in [0.25, 0.3) is 0 Å². The Kier molecular flexibility index (Phi) is 5.85. The van der Waals surface area contributed by atoms with Gasteiger partial charge in [0, 0.05) is 10.4 Å². The SMILES string of the molecule is CC(C)CC(CN)COc1cccc(Br)c1. The first-order chi connectivity index (χ1) is 7.61. The van der Waals surface area contributed by atoms with Gasteiger partial charge in [-0.05, 0) is 37.1 Å². The van der Waals surface area contributed by atoms with E-state index in [1.54, 1.807) is 0 Å². The van der Waals surface area contributed by atoms with E-state index in [1.165, 1.54) is 0 Å². The Morgan fingerprint density at radius 1 is 1.38 bits per heavy atom. The molecule has 90 valence electrons. The number of nitrogens with two attached hydrogens (primary N) is 1. The third-order valence-electron chi connectivity index (χ3n) is 2.42. The third-order valence-corrected chi connectivity index (χ3v) is 2.91. The van der Waals surface area contributed by atoms with E-state index >= 15 is 0 Å². The van der Waals surface area contributed by atoms with Gasteiger partial charge in [-0.3, -0.25) is 0 Å². The second kappa shape index (κ2) is 6.92. The molecule has 0 heterocycles. The second-order valence-corrected chi connectivity index (χ2v) is 5.42. The first-order valence-electron chi connectivity index (χ1n) is 5.70. The second-order valence-electron chi connectivity index (χ2n) is 4.50. The summed E-state index contributed by atoms with van der Waals surface area (Å²) < 4.78 is 6.77. The highest BCUT2D eigenvalue weighted by atomic mass is 79.9. The Labute approximate surface area is 106 Å². The van der Waals surface area contributed by atoms with Crippen molar-refractivity contribution < 1.29 is 4.74 Å². The summed E-state index contributed by atoms with van der Waals surface area (Å²) in [7, 11) is 0. The van der Waals surface area contributed by atoms with Gasteiger partial charge in [0.15, 0.2) is 0 Å². The van der Waals surface area contributed by atoms with E-state index in [-0.39, 0.29) is 0 Å². The smallest absolute Gasteiger partial charge is 0.120 e. The van der Waals surface area contributed by atoms with Gasteiger partial charge in [-0.15, -0.1) is 0 Å². The molecule has 16 heavy (non-hydrogen) atoms. The van der Waals surface area contributed by atoms with Crippen LogP contribution in [0.25, 0.3) is 0 Å². The summed E-state index contributed by atoms with van der Waals surface area (Å²) in [5.74, 6) is 2.01. The van der Waals surface area contributed by atoms with Crippen molar-refractivity contribution in [3.8, 4) is 5.75 Å². The number of hydrogen-bond acceptors (Lipinski definition) is 2. The highest BCUT2D eigenvalue weighted by Gasteiger charge is 2.10. The quantitative estimate of drug-likeness (QED) is 0.869. The number of halogens is 1. The summed E-state index contributed by atoms with van der Waals surface area (Å²) in [6.45, 7) is 5.81. The van der Waals surface area contributed by atoms with Crippen molar-refractivity contribution in [3.63, 3.8) is 0 Å². The monoisotopic (exact) mass is 285 g/mol. The van der Waals surface area contributed by atoms with Gasteiger partial charge < -0.3 is 10.5 Å². The fourth-order valence-corrected chi connectivity index (χ4v) is 2.05. The maximum absolute atomic E-state index is 5.73. The molecule has 1 aromatic carbocycles. The number of hydrogen-bond donors (Lipinski definition) is 1. The standard InChI is InChI=1S/C13H20BrNO/c1-10(2)6-11(8-15)9-16-13-5-3-4-12(14)7-13/h3-5,7,10-11H,6,8-9,15H2,1-2H3. The zero-order valence-electron chi connectivity index (χ0n) is 9.95. The summed E-state index contributed by atoms with van der Waals surface area (Å²) in [4.78, 5) is 0. The minimum atomic E-state index is 0.444. The normalized spacial score (nSPS) is 12.8.